The number of rotatable bonds is 3. The third-order valence-corrected chi connectivity index (χ3v) is 6.16. The van der Waals surface area contributed by atoms with E-state index >= 15 is 0 Å². The number of carboxylic acid groups (broad SMARTS) is 1. The number of aliphatic carboxylic acids is 1. The third kappa shape index (κ3) is 3.37. The maximum absolute atomic E-state index is 13.4. The molecule has 1 atom stereocenters. The molecule has 2 aliphatic heterocycles. The summed E-state index contributed by atoms with van der Waals surface area (Å²) in [6, 6.07) is 6.73. The van der Waals surface area contributed by atoms with Crippen LogP contribution in [0.3, 0.4) is 0 Å². The number of likely N-dealkylation sites (tertiary alicyclic amines) is 1. The largest absolute Gasteiger partial charge is 0.480 e. The molecular formula is C20H26ClN3O4. The molecule has 1 aromatic rings. The van der Waals surface area contributed by atoms with Gasteiger partial charge in [0, 0.05) is 0 Å². The van der Waals surface area contributed by atoms with Gasteiger partial charge in [-0.1, -0.05) is 31.4 Å². The first-order valence-corrected chi connectivity index (χ1v) is 9.73. The molecule has 1 spiro atoms. The summed E-state index contributed by atoms with van der Waals surface area (Å²) < 4.78 is 0. The average Bonchev–Trinajstić information content (AvgIpc) is 3.13. The van der Waals surface area contributed by atoms with E-state index in [1.54, 1.807) is 15.9 Å². The van der Waals surface area contributed by atoms with Crippen molar-refractivity contribution in [3.05, 3.63) is 24.3 Å². The van der Waals surface area contributed by atoms with Crippen molar-refractivity contribution in [3.63, 3.8) is 0 Å². The highest BCUT2D eigenvalue weighted by Crippen LogP contribution is 2.45. The molecule has 2 fully saturated rings. The molecule has 4 rings (SSSR count). The Morgan fingerprint density at radius 3 is 2.57 bits per heavy atom. The number of hydrogen-bond acceptors (Lipinski definition) is 4. The first-order chi connectivity index (χ1) is 13.0. The molecule has 0 bridgehead atoms. The minimum atomic E-state index is -0.880. The van der Waals surface area contributed by atoms with Crippen molar-refractivity contribution in [2.75, 3.05) is 23.3 Å². The molecule has 28 heavy (non-hydrogen) atoms. The minimum absolute atomic E-state index is 0. The fraction of sp³-hybridized carbons (Fsp3) is 0.550. The summed E-state index contributed by atoms with van der Waals surface area (Å²) in [4.78, 5) is 41.4. The Morgan fingerprint density at radius 1 is 1.14 bits per heavy atom. The van der Waals surface area contributed by atoms with Crippen LogP contribution in [0, 0.1) is 0 Å². The topological polar surface area (TPSA) is 89.9 Å². The van der Waals surface area contributed by atoms with Gasteiger partial charge >= 0.3 is 5.97 Å². The number of fused-ring (bicyclic) bond motifs is 1. The fourth-order valence-electron chi connectivity index (χ4n) is 4.83. The van der Waals surface area contributed by atoms with Crippen molar-refractivity contribution in [1.29, 1.82) is 0 Å². The smallest absolute Gasteiger partial charge is 0.320 e. The van der Waals surface area contributed by atoms with Gasteiger partial charge in [-0.2, -0.15) is 0 Å². The number of hydrogen-bond donors (Lipinski definition) is 2. The molecule has 3 aliphatic rings. The number of carbonyl (C=O) groups is 3. The molecular weight excluding hydrogens is 382 g/mol. The quantitative estimate of drug-likeness (QED) is 0.803. The molecule has 1 aromatic carbocycles. The van der Waals surface area contributed by atoms with Crippen LogP contribution in [0.2, 0.25) is 0 Å². The van der Waals surface area contributed by atoms with Crippen LogP contribution in [0.25, 0.3) is 0 Å². The maximum Gasteiger partial charge on any atom is 0.320 e. The number of para-hydroxylation sites is 2. The maximum atomic E-state index is 13.4. The summed E-state index contributed by atoms with van der Waals surface area (Å²) in [5.74, 6) is -1.19. The van der Waals surface area contributed by atoms with E-state index < -0.39 is 17.6 Å². The Morgan fingerprint density at radius 2 is 1.86 bits per heavy atom. The van der Waals surface area contributed by atoms with Gasteiger partial charge in [-0.3, -0.25) is 24.2 Å². The number of halogens is 1. The lowest BCUT2D eigenvalue weighted by Crippen LogP contribution is -2.63. The van der Waals surface area contributed by atoms with E-state index in [-0.39, 0.29) is 30.8 Å². The van der Waals surface area contributed by atoms with Gasteiger partial charge in [-0.05, 0) is 44.4 Å². The van der Waals surface area contributed by atoms with E-state index in [2.05, 4.69) is 5.32 Å². The molecule has 1 aliphatic carbocycles. The Kier molecular flexibility index (Phi) is 5.95. The van der Waals surface area contributed by atoms with Crippen LogP contribution in [-0.4, -0.2) is 52.5 Å². The predicted molar refractivity (Wildman–Crippen MR) is 108 cm³/mol. The van der Waals surface area contributed by atoms with Gasteiger partial charge in [-0.15, -0.1) is 12.4 Å². The zero-order valence-corrected chi connectivity index (χ0v) is 16.5. The van der Waals surface area contributed by atoms with Crippen LogP contribution in [0.1, 0.15) is 44.9 Å². The van der Waals surface area contributed by atoms with Gasteiger partial charge in [-0.25, -0.2) is 0 Å². The summed E-state index contributed by atoms with van der Waals surface area (Å²) in [7, 11) is 0. The lowest BCUT2D eigenvalue weighted by Gasteiger charge is -2.45. The van der Waals surface area contributed by atoms with Crippen molar-refractivity contribution in [3.8, 4) is 0 Å². The number of benzene rings is 1. The normalized spacial score (nSPS) is 23.6. The SMILES string of the molecule is Cl.O=C(O)C1CCCCN1CC(=O)N1c2ccccc2NC(=O)C12CCCC2. The predicted octanol–water partition coefficient (Wildman–Crippen LogP) is 2.65. The van der Waals surface area contributed by atoms with Gasteiger partial charge in [0.25, 0.3) is 5.91 Å². The van der Waals surface area contributed by atoms with E-state index in [1.807, 2.05) is 18.2 Å². The molecule has 2 N–H and O–H groups in total. The van der Waals surface area contributed by atoms with Gasteiger partial charge in [0.2, 0.25) is 5.91 Å². The van der Waals surface area contributed by atoms with E-state index in [4.69, 9.17) is 0 Å². The second kappa shape index (κ2) is 8.09. The standard InChI is InChI=1S/C20H25N3O4.ClH/c24-17(13-22-12-6-3-9-16(22)18(25)26)23-15-8-2-1-7-14(15)21-19(27)20(23)10-4-5-11-20;/h1-2,7-8,16H,3-6,9-13H2,(H,21,27)(H,25,26);1H. The zero-order chi connectivity index (χ0) is 19.0. The monoisotopic (exact) mass is 407 g/mol. The van der Waals surface area contributed by atoms with Crippen LogP contribution in [0.15, 0.2) is 24.3 Å². The number of piperidine rings is 1. The van der Waals surface area contributed by atoms with Crippen molar-refractivity contribution < 1.29 is 19.5 Å². The van der Waals surface area contributed by atoms with E-state index in [0.717, 1.165) is 25.7 Å². The van der Waals surface area contributed by atoms with Gasteiger partial charge in [0.05, 0.1) is 17.9 Å². The average molecular weight is 408 g/mol. The number of carboxylic acids is 1. The number of nitrogens with zero attached hydrogens (tertiary/aromatic N) is 2. The van der Waals surface area contributed by atoms with Crippen LogP contribution in [0.5, 0.6) is 0 Å². The highest BCUT2D eigenvalue weighted by atomic mass is 35.5. The highest BCUT2D eigenvalue weighted by Gasteiger charge is 2.52. The molecule has 0 radical (unpaired) electrons. The summed E-state index contributed by atoms with van der Waals surface area (Å²) in [5, 5.41) is 12.5. The number of anilines is 2. The molecule has 0 aromatic heterocycles. The zero-order valence-electron chi connectivity index (χ0n) is 15.7. The fourth-order valence-corrected chi connectivity index (χ4v) is 4.83. The van der Waals surface area contributed by atoms with Crippen molar-refractivity contribution in [2.45, 2.75) is 56.5 Å². The lowest BCUT2D eigenvalue weighted by molar-refractivity contribution is -0.145. The number of carbonyl (C=O) groups excluding carboxylic acids is 2. The Balaban J connectivity index is 0.00000225. The van der Waals surface area contributed by atoms with E-state index in [1.165, 1.54) is 0 Å². The first kappa shape index (κ1) is 20.6. The van der Waals surface area contributed by atoms with E-state index in [0.29, 0.717) is 37.2 Å². The summed E-state index contributed by atoms with van der Waals surface area (Å²) >= 11 is 0. The van der Waals surface area contributed by atoms with Gasteiger partial charge in [0.15, 0.2) is 0 Å². The van der Waals surface area contributed by atoms with Crippen molar-refractivity contribution in [1.82, 2.24) is 4.90 Å². The molecule has 1 saturated heterocycles. The minimum Gasteiger partial charge on any atom is -0.480 e. The summed E-state index contributed by atoms with van der Waals surface area (Å²) in [5.41, 5.74) is 0.509. The van der Waals surface area contributed by atoms with Crippen LogP contribution in [-0.2, 0) is 14.4 Å². The first-order valence-electron chi connectivity index (χ1n) is 9.73. The van der Waals surface area contributed by atoms with Crippen LogP contribution in [0.4, 0.5) is 11.4 Å². The van der Waals surface area contributed by atoms with E-state index in [9.17, 15) is 19.5 Å². The molecule has 8 heteroatoms. The molecule has 1 unspecified atom stereocenters. The van der Waals surface area contributed by atoms with Crippen molar-refractivity contribution in [2.24, 2.45) is 0 Å². The Bertz CT molecular complexity index is 778. The Labute approximate surface area is 170 Å². The lowest BCUT2D eigenvalue weighted by atomic mass is 9.89. The van der Waals surface area contributed by atoms with Gasteiger partial charge in [0.1, 0.15) is 11.6 Å². The summed E-state index contributed by atoms with van der Waals surface area (Å²) in [6.45, 7) is 0.623. The second-order valence-electron chi connectivity index (χ2n) is 7.76. The highest BCUT2D eigenvalue weighted by molar-refractivity contribution is 6.15. The third-order valence-electron chi connectivity index (χ3n) is 6.16. The van der Waals surface area contributed by atoms with Crippen LogP contribution < -0.4 is 10.2 Å². The molecule has 152 valence electrons. The Hall–Kier alpha value is -2.12. The van der Waals surface area contributed by atoms with Crippen LogP contribution >= 0.6 is 12.4 Å². The van der Waals surface area contributed by atoms with Gasteiger partial charge < -0.3 is 10.4 Å². The molecule has 2 amide bonds. The number of nitrogens with one attached hydrogen (secondary N) is 1. The van der Waals surface area contributed by atoms with Crippen molar-refractivity contribution >= 4 is 41.6 Å². The molecule has 2 heterocycles. The summed E-state index contributed by atoms with van der Waals surface area (Å²) in [6.07, 6.45) is 5.40. The number of amides is 2. The molecule has 7 nitrogen and oxygen atoms in total. The molecule has 1 saturated carbocycles. The second-order valence-corrected chi connectivity index (χ2v) is 7.76.